The number of hydrogen-bond donors (Lipinski definition) is 0. The van der Waals surface area contributed by atoms with E-state index in [0.29, 0.717) is 37.4 Å². The number of likely N-dealkylation sites (tertiary alicyclic amines) is 1. The second-order valence-corrected chi connectivity index (χ2v) is 7.65. The molecule has 28 heavy (non-hydrogen) atoms. The number of ether oxygens (including phenoxy) is 1. The second-order valence-electron chi connectivity index (χ2n) is 6.70. The third-order valence-corrected chi connectivity index (χ3v) is 5.68. The van der Waals surface area contributed by atoms with Crippen LogP contribution in [0.5, 0.6) is 0 Å². The van der Waals surface area contributed by atoms with E-state index >= 15 is 0 Å². The van der Waals surface area contributed by atoms with Gasteiger partial charge in [-0.15, -0.1) is 11.3 Å². The normalized spacial score (nSPS) is 14.8. The zero-order chi connectivity index (χ0) is 19.3. The van der Waals surface area contributed by atoms with Gasteiger partial charge in [0, 0.05) is 24.7 Å². The standard InChI is InChI=1S/C21H20N2O4S/c24-20(19-7-4-12-28-19)23-10-8-16(9-11-23)21(25)26-14-17-13-18(27-22-17)15-5-2-1-3-6-15/h1-7,12-13,16H,8-11,14H2. The molecule has 7 heteroatoms. The summed E-state index contributed by atoms with van der Waals surface area (Å²) in [6.45, 7) is 1.22. The maximum absolute atomic E-state index is 12.4. The minimum Gasteiger partial charge on any atom is -0.459 e. The van der Waals surface area contributed by atoms with Gasteiger partial charge in [-0.25, -0.2) is 0 Å². The maximum Gasteiger partial charge on any atom is 0.309 e. The lowest BCUT2D eigenvalue weighted by atomic mass is 9.97. The van der Waals surface area contributed by atoms with Crippen molar-refractivity contribution in [2.24, 2.45) is 5.92 Å². The smallest absolute Gasteiger partial charge is 0.309 e. The van der Waals surface area contributed by atoms with Gasteiger partial charge in [0.15, 0.2) is 5.76 Å². The zero-order valence-electron chi connectivity index (χ0n) is 15.2. The molecule has 0 saturated carbocycles. The third kappa shape index (κ3) is 4.14. The third-order valence-electron chi connectivity index (χ3n) is 4.83. The molecule has 6 nitrogen and oxygen atoms in total. The first-order chi connectivity index (χ1) is 13.7. The van der Waals surface area contributed by atoms with Crippen molar-refractivity contribution in [1.82, 2.24) is 10.1 Å². The number of thiophene rings is 1. The van der Waals surface area contributed by atoms with Crippen LogP contribution in [-0.2, 0) is 16.1 Å². The van der Waals surface area contributed by atoms with Crippen molar-refractivity contribution in [3.05, 3.63) is 64.5 Å². The Kier molecular flexibility index (Phi) is 5.53. The Morgan fingerprint density at radius 1 is 1.14 bits per heavy atom. The maximum atomic E-state index is 12.4. The Labute approximate surface area is 166 Å². The van der Waals surface area contributed by atoms with Gasteiger partial charge in [0.2, 0.25) is 0 Å². The predicted molar refractivity (Wildman–Crippen MR) is 105 cm³/mol. The molecular formula is C21H20N2O4S. The SMILES string of the molecule is O=C(OCc1cc(-c2ccccc2)on1)C1CCN(C(=O)c2cccs2)CC1. The van der Waals surface area contributed by atoms with Crippen molar-refractivity contribution in [3.63, 3.8) is 0 Å². The highest BCUT2D eigenvalue weighted by Gasteiger charge is 2.29. The van der Waals surface area contributed by atoms with Gasteiger partial charge in [0.05, 0.1) is 10.8 Å². The van der Waals surface area contributed by atoms with E-state index in [9.17, 15) is 9.59 Å². The lowest BCUT2D eigenvalue weighted by Gasteiger charge is -2.30. The molecule has 0 radical (unpaired) electrons. The van der Waals surface area contributed by atoms with Crippen molar-refractivity contribution in [3.8, 4) is 11.3 Å². The van der Waals surface area contributed by atoms with E-state index in [1.54, 1.807) is 11.0 Å². The first-order valence-electron chi connectivity index (χ1n) is 9.21. The number of carbonyl (C=O) groups is 2. The lowest BCUT2D eigenvalue weighted by Crippen LogP contribution is -2.40. The molecule has 2 aromatic heterocycles. The van der Waals surface area contributed by atoms with Crippen molar-refractivity contribution in [1.29, 1.82) is 0 Å². The molecule has 1 saturated heterocycles. The minimum absolute atomic E-state index is 0.0397. The average Bonchev–Trinajstić information content (AvgIpc) is 3.44. The number of piperidine rings is 1. The van der Waals surface area contributed by atoms with Gasteiger partial charge in [0.1, 0.15) is 12.3 Å². The summed E-state index contributed by atoms with van der Waals surface area (Å²) in [5.41, 5.74) is 1.51. The van der Waals surface area contributed by atoms with Crippen LogP contribution in [0.15, 0.2) is 58.4 Å². The van der Waals surface area contributed by atoms with Crippen LogP contribution < -0.4 is 0 Å². The molecule has 0 spiro atoms. The number of amides is 1. The number of carbonyl (C=O) groups excluding carboxylic acids is 2. The van der Waals surface area contributed by atoms with E-state index in [1.165, 1.54) is 11.3 Å². The molecule has 3 aromatic rings. The van der Waals surface area contributed by atoms with E-state index in [0.717, 1.165) is 10.4 Å². The highest BCUT2D eigenvalue weighted by molar-refractivity contribution is 7.12. The summed E-state index contributed by atoms with van der Waals surface area (Å²) in [5.74, 6) is 0.255. The average molecular weight is 396 g/mol. The first kappa shape index (κ1) is 18.4. The molecule has 3 heterocycles. The zero-order valence-corrected chi connectivity index (χ0v) is 16.1. The molecule has 0 unspecified atom stereocenters. The van der Waals surface area contributed by atoms with E-state index in [2.05, 4.69) is 5.16 Å². The van der Waals surface area contributed by atoms with Gasteiger partial charge in [-0.2, -0.15) is 0 Å². The fourth-order valence-corrected chi connectivity index (χ4v) is 3.95. The number of benzene rings is 1. The van der Waals surface area contributed by atoms with Crippen molar-refractivity contribution >= 4 is 23.2 Å². The van der Waals surface area contributed by atoms with Crippen LogP contribution in [0.4, 0.5) is 0 Å². The highest BCUT2D eigenvalue weighted by atomic mass is 32.1. The van der Waals surface area contributed by atoms with E-state index in [-0.39, 0.29) is 24.4 Å². The Balaban J connectivity index is 1.26. The molecule has 1 amide bonds. The summed E-state index contributed by atoms with van der Waals surface area (Å²) < 4.78 is 10.7. The van der Waals surface area contributed by atoms with Gasteiger partial charge < -0.3 is 14.2 Å². The van der Waals surface area contributed by atoms with Crippen LogP contribution in [0.25, 0.3) is 11.3 Å². The number of aromatic nitrogens is 1. The fourth-order valence-electron chi connectivity index (χ4n) is 3.26. The van der Waals surface area contributed by atoms with E-state index in [1.807, 2.05) is 47.8 Å². The number of hydrogen-bond acceptors (Lipinski definition) is 6. The molecule has 0 atom stereocenters. The fraction of sp³-hybridized carbons (Fsp3) is 0.286. The summed E-state index contributed by atoms with van der Waals surface area (Å²) in [7, 11) is 0. The van der Waals surface area contributed by atoms with Crippen LogP contribution in [0, 0.1) is 5.92 Å². The Hall–Kier alpha value is -2.93. The number of esters is 1. The Morgan fingerprint density at radius 3 is 2.64 bits per heavy atom. The predicted octanol–water partition coefficient (Wildman–Crippen LogP) is 4.00. The molecule has 1 aliphatic heterocycles. The summed E-state index contributed by atoms with van der Waals surface area (Å²) >= 11 is 1.44. The largest absolute Gasteiger partial charge is 0.459 e. The summed E-state index contributed by atoms with van der Waals surface area (Å²) in [6, 6.07) is 15.1. The summed E-state index contributed by atoms with van der Waals surface area (Å²) in [4.78, 5) is 27.3. The van der Waals surface area contributed by atoms with Crippen LogP contribution in [-0.4, -0.2) is 35.0 Å². The monoisotopic (exact) mass is 396 g/mol. The molecule has 1 fully saturated rings. The van der Waals surface area contributed by atoms with Crippen molar-refractivity contribution in [2.45, 2.75) is 19.4 Å². The van der Waals surface area contributed by atoms with Crippen molar-refractivity contribution < 1.29 is 18.8 Å². The number of rotatable bonds is 5. The first-order valence-corrected chi connectivity index (χ1v) is 10.1. The molecular weight excluding hydrogens is 376 g/mol. The molecule has 0 bridgehead atoms. The van der Waals surface area contributed by atoms with Crippen molar-refractivity contribution in [2.75, 3.05) is 13.1 Å². The molecule has 1 aliphatic rings. The second kappa shape index (κ2) is 8.39. The van der Waals surface area contributed by atoms with Crippen LogP contribution in [0.2, 0.25) is 0 Å². The van der Waals surface area contributed by atoms with Gasteiger partial charge in [-0.3, -0.25) is 9.59 Å². The van der Waals surface area contributed by atoms with E-state index < -0.39 is 0 Å². The Bertz CT molecular complexity index is 928. The van der Waals surface area contributed by atoms with Crippen LogP contribution in [0.1, 0.15) is 28.2 Å². The lowest BCUT2D eigenvalue weighted by molar-refractivity contribution is -0.151. The minimum atomic E-state index is -0.243. The molecule has 0 aliphatic carbocycles. The van der Waals surface area contributed by atoms with Gasteiger partial charge in [-0.1, -0.05) is 41.6 Å². The molecule has 0 N–H and O–H groups in total. The number of nitrogens with zero attached hydrogens (tertiary/aromatic N) is 2. The molecule has 1 aromatic carbocycles. The van der Waals surface area contributed by atoms with Gasteiger partial charge in [0.25, 0.3) is 5.91 Å². The highest BCUT2D eigenvalue weighted by Crippen LogP contribution is 2.23. The molecule has 144 valence electrons. The van der Waals surface area contributed by atoms with Gasteiger partial charge in [-0.05, 0) is 24.3 Å². The van der Waals surface area contributed by atoms with E-state index in [4.69, 9.17) is 9.26 Å². The summed E-state index contributed by atoms with van der Waals surface area (Å²) in [5, 5.41) is 5.86. The molecule has 4 rings (SSSR count). The van der Waals surface area contributed by atoms with Crippen LogP contribution in [0.3, 0.4) is 0 Å². The topological polar surface area (TPSA) is 72.6 Å². The quantitative estimate of drug-likeness (QED) is 0.610. The van der Waals surface area contributed by atoms with Crippen LogP contribution >= 0.6 is 11.3 Å². The summed E-state index contributed by atoms with van der Waals surface area (Å²) in [6.07, 6.45) is 1.23. The van der Waals surface area contributed by atoms with Gasteiger partial charge >= 0.3 is 5.97 Å². The Morgan fingerprint density at radius 2 is 1.93 bits per heavy atom.